The zero-order valence-corrected chi connectivity index (χ0v) is 11.7. The summed E-state index contributed by atoms with van der Waals surface area (Å²) in [6.45, 7) is 0.896. The second-order valence-corrected chi connectivity index (χ2v) is 5.76. The second-order valence-electron chi connectivity index (χ2n) is 4.84. The first-order chi connectivity index (χ1) is 8.81. The molecule has 0 aliphatic heterocycles. The van der Waals surface area contributed by atoms with E-state index in [1.165, 1.54) is 27.6 Å². The third-order valence-corrected chi connectivity index (χ3v) is 4.04. The molecule has 0 bridgehead atoms. The van der Waals surface area contributed by atoms with Crippen LogP contribution in [0.4, 0.5) is 0 Å². The molecule has 1 aliphatic rings. The molecule has 2 N–H and O–H groups in total. The number of hydrogen-bond acceptors (Lipinski definition) is 2. The van der Waals surface area contributed by atoms with Gasteiger partial charge in [0.15, 0.2) is 0 Å². The highest BCUT2D eigenvalue weighted by molar-refractivity contribution is 9.10. The van der Waals surface area contributed by atoms with E-state index in [0.29, 0.717) is 6.04 Å². The molecule has 0 amide bonds. The summed E-state index contributed by atoms with van der Waals surface area (Å²) in [7, 11) is 0. The SMILES string of the molecule is Brc1ccc2c(c1)CCC(NCc1cn[nH]c1)C2. The molecule has 1 atom stereocenters. The number of aromatic nitrogens is 2. The third kappa shape index (κ3) is 2.65. The fourth-order valence-electron chi connectivity index (χ4n) is 2.53. The molecule has 1 aromatic heterocycles. The summed E-state index contributed by atoms with van der Waals surface area (Å²) < 4.78 is 1.19. The summed E-state index contributed by atoms with van der Waals surface area (Å²) in [5.74, 6) is 0. The van der Waals surface area contributed by atoms with Crippen LogP contribution in [-0.4, -0.2) is 16.2 Å². The van der Waals surface area contributed by atoms with Crippen molar-refractivity contribution < 1.29 is 0 Å². The minimum absolute atomic E-state index is 0.577. The summed E-state index contributed by atoms with van der Waals surface area (Å²) >= 11 is 3.54. The van der Waals surface area contributed by atoms with Gasteiger partial charge in [0.1, 0.15) is 0 Å². The van der Waals surface area contributed by atoms with E-state index in [1.807, 2.05) is 12.4 Å². The average molecular weight is 306 g/mol. The minimum Gasteiger partial charge on any atom is -0.309 e. The van der Waals surface area contributed by atoms with E-state index >= 15 is 0 Å². The number of benzene rings is 1. The van der Waals surface area contributed by atoms with Gasteiger partial charge in [-0.3, -0.25) is 5.10 Å². The molecule has 0 saturated carbocycles. The standard InChI is InChI=1S/C14H16BrN3/c15-13-3-1-12-6-14(4-2-11(12)5-13)16-7-10-8-17-18-9-10/h1,3,5,8-9,14,16H,2,4,6-7H2,(H,17,18). The van der Waals surface area contributed by atoms with Crippen molar-refractivity contribution in [3.8, 4) is 0 Å². The molecule has 0 saturated heterocycles. The van der Waals surface area contributed by atoms with Crippen LogP contribution >= 0.6 is 15.9 Å². The molecule has 2 aromatic rings. The summed E-state index contributed by atoms with van der Waals surface area (Å²) in [5, 5.41) is 10.4. The van der Waals surface area contributed by atoms with Gasteiger partial charge in [0, 0.05) is 28.8 Å². The zero-order chi connectivity index (χ0) is 12.4. The second kappa shape index (κ2) is 5.24. The van der Waals surface area contributed by atoms with Crippen molar-refractivity contribution in [1.29, 1.82) is 0 Å². The van der Waals surface area contributed by atoms with E-state index in [-0.39, 0.29) is 0 Å². The predicted molar refractivity (Wildman–Crippen MR) is 75.4 cm³/mol. The Morgan fingerprint density at radius 3 is 3.17 bits per heavy atom. The molecule has 0 spiro atoms. The molecule has 1 aliphatic carbocycles. The van der Waals surface area contributed by atoms with Crippen LogP contribution in [0.15, 0.2) is 35.1 Å². The molecule has 18 heavy (non-hydrogen) atoms. The van der Waals surface area contributed by atoms with Crippen LogP contribution in [0.2, 0.25) is 0 Å². The first kappa shape index (κ1) is 11.9. The maximum atomic E-state index is 3.96. The fraction of sp³-hybridized carbons (Fsp3) is 0.357. The first-order valence-corrected chi connectivity index (χ1v) is 7.09. The van der Waals surface area contributed by atoms with Gasteiger partial charge in [0.2, 0.25) is 0 Å². The van der Waals surface area contributed by atoms with Gasteiger partial charge in [-0.2, -0.15) is 5.10 Å². The summed E-state index contributed by atoms with van der Waals surface area (Å²) in [6.07, 6.45) is 7.32. The quantitative estimate of drug-likeness (QED) is 0.915. The van der Waals surface area contributed by atoms with Gasteiger partial charge in [-0.1, -0.05) is 22.0 Å². The van der Waals surface area contributed by atoms with E-state index in [0.717, 1.165) is 19.4 Å². The molecule has 0 fully saturated rings. The molecule has 3 rings (SSSR count). The van der Waals surface area contributed by atoms with Crippen LogP contribution in [0.5, 0.6) is 0 Å². The highest BCUT2D eigenvalue weighted by Gasteiger charge is 2.18. The van der Waals surface area contributed by atoms with E-state index in [2.05, 4.69) is 49.6 Å². The summed E-state index contributed by atoms with van der Waals surface area (Å²) in [6, 6.07) is 7.21. The summed E-state index contributed by atoms with van der Waals surface area (Å²) in [4.78, 5) is 0. The number of rotatable bonds is 3. The van der Waals surface area contributed by atoms with Crippen LogP contribution in [0.3, 0.4) is 0 Å². The van der Waals surface area contributed by atoms with Crippen molar-refractivity contribution in [1.82, 2.24) is 15.5 Å². The predicted octanol–water partition coefficient (Wildman–Crippen LogP) is 2.82. The van der Waals surface area contributed by atoms with Gasteiger partial charge in [0.25, 0.3) is 0 Å². The number of fused-ring (bicyclic) bond motifs is 1. The van der Waals surface area contributed by atoms with Gasteiger partial charge in [-0.25, -0.2) is 0 Å². The smallest absolute Gasteiger partial charge is 0.0532 e. The van der Waals surface area contributed by atoms with Crippen LogP contribution in [-0.2, 0) is 19.4 Å². The Balaban J connectivity index is 1.62. The van der Waals surface area contributed by atoms with Crippen molar-refractivity contribution in [3.05, 3.63) is 51.8 Å². The Bertz CT molecular complexity index is 522. The van der Waals surface area contributed by atoms with Crippen molar-refractivity contribution in [2.24, 2.45) is 0 Å². The molecule has 4 heteroatoms. The molecule has 94 valence electrons. The van der Waals surface area contributed by atoms with Crippen molar-refractivity contribution in [2.45, 2.75) is 31.8 Å². The lowest BCUT2D eigenvalue weighted by atomic mass is 9.88. The fourth-order valence-corrected chi connectivity index (χ4v) is 2.94. The van der Waals surface area contributed by atoms with E-state index in [9.17, 15) is 0 Å². The molecule has 0 radical (unpaired) electrons. The summed E-state index contributed by atoms with van der Waals surface area (Å²) in [5.41, 5.74) is 4.19. The van der Waals surface area contributed by atoms with Crippen molar-refractivity contribution in [2.75, 3.05) is 0 Å². The number of nitrogens with one attached hydrogen (secondary N) is 2. The molecule has 1 aromatic carbocycles. The lowest BCUT2D eigenvalue weighted by Crippen LogP contribution is -2.34. The van der Waals surface area contributed by atoms with E-state index in [1.54, 1.807) is 0 Å². The normalized spacial score (nSPS) is 18.6. The first-order valence-electron chi connectivity index (χ1n) is 6.29. The molecule has 1 unspecified atom stereocenters. The van der Waals surface area contributed by atoms with Gasteiger partial charge < -0.3 is 5.32 Å². The number of aromatic amines is 1. The molecular formula is C14H16BrN3. The van der Waals surface area contributed by atoms with Crippen LogP contribution < -0.4 is 5.32 Å². The monoisotopic (exact) mass is 305 g/mol. The van der Waals surface area contributed by atoms with Crippen LogP contribution in [0, 0.1) is 0 Å². The van der Waals surface area contributed by atoms with Crippen molar-refractivity contribution >= 4 is 15.9 Å². The Labute approximate surface area is 115 Å². The minimum atomic E-state index is 0.577. The maximum Gasteiger partial charge on any atom is 0.0532 e. The Morgan fingerprint density at radius 2 is 2.33 bits per heavy atom. The molecular weight excluding hydrogens is 290 g/mol. The lowest BCUT2D eigenvalue weighted by molar-refractivity contribution is 0.457. The van der Waals surface area contributed by atoms with Crippen LogP contribution in [0.25, 0.3) is 0 Å². The molecule has 1 heterocycles. The zero-order valence-electron chi connectivity index (χ0n) is 10.1. The van der Waals surface area contributed by atoms with Crippen LogP contribution in [0.1, 0.15) is 23.1 Å². The van der Waals surface area contributed by atoms with Gasteiger partial charge in [-0.05, 0) is 42.5 Å². The number of aryl methyl sites for hydroxylation is 1. The van der Waals surface area contributed by atoms with Gasteiger partial charge >= 0.3 is 0 Å². The number of halogens is 1. The Morgan fingerprint density at radius 1 is 1.39 bits per heavy atom. The Hall–Kier alpha value is -1.13. The lowest BCUT2D eigenvalue weighted by Gasteiger charge is -2.25. The number of hydrogen-bond donors (Lipinski definition) is 2. The van der Waals surface area contributed by atoms with Crippen molar-refractivity contribution in [3.63, 3.8) is 0 Å². The highest BCUT2D eigenvalue weighted by Crippen LogP contribution is 2.24. The number of H-pyrrole nitrogens is 1. The topological polar surface area (TPSA) is 40.7 Å². The van der Waals surface area contributed by atoms with E-state index in [4.69, 9.17) is 0 Å². The number of nitrogens with zero attached hydrogens (tertiary/aromatic N) is 1. The van der Waals surface area contributed by atoms with E-state index < -0.39 is 0 Å². The highest BCUT2D eigenvalue weighted by atomic mass is 79.9. The molecule has 3 nitrogen and oxygen atoms in total. The average Bonchev–Trinajstić information content (AvgIpc) is 2.89. The van der Waals surface area contributed by atoms with Gasteiger partial charge in [-0.15, -0.1) is 0 Å². The largest absolute Gasteiger partial charge is 0.309 e. The van der Waals surface area contributed by atoms with Gasteiger partial charge in [0.05, 0.1) is 6.20 Å². The maximum absolute atomic E-state index is 3.96. The Kier molecular flexibility index (Phi) is 3.48. The third-order valence-electron chi connectivity index (χ3n) is 3.55.